The number of ether oxygens (including phenoxy) is 1. The van der Waals surface area contributed by atoms with Crippen molar-refractivity contribution in [1.82, 2.24) is 5.32 Å². The standard InChI is InChI=1S/C17H18ClNO/c1-12(14-3-2-4-16(18)10-14)19-11-13-5-6-17-15(9-13)7-8-20-17/h2-6,9-10,12,19H,7-8,11H2,1H3. The number of nitrogens with one attached hydrogen (secondary N) is 1. The first kappa shape index (κ1) is 13.5. The average molecular weight is 288 g/mol. The van der Waals surface area contributed by atoms with E-state index in [-0.39, 0.29) is 6.04 Å². The molecule has 2 nitrogen and oxygen atoms in total. The fourth-order valence-electron chi connectivity index (χ4n) is 2.51. The molecule has 1 aliphatic rings. The minimum absolute atomic E-state index is 0.276. The summed E-state index contributed by atoms with van der Waals surface area (Å²) in [6.07, 6.45) is 1.02. The summed E-state index contributed by atoms with van der Waals surface area (Å²) in [5.74, 6) is 1.04. The van der Waals surface area contributed by atoms with Gasteiger partial charge in [-0.2, -0.15) is 0 Å². The summed E-state index contributed by atoms with van der Waals surface area (Å²) in [6.45, 7) is 3.81. The normalized spacial score (nSPS) is 14.7. The van der Waals surface area contributed by atoms with Crippen molar-refractivity contribution in [3.05, 3.63) is 64.2 Å². The molecule has 0 radical (unpaired) electrons. The van der Waals surface area contributed by atoms with E-state index in [1.807, 2.05) is 18.2 Å². The van der Waals surface area contributed by atoms with Crippen molar-refractivity contribution in [3.63, 3.8) is 0 Å². The minimum Gasteiger partial charge on any atom is -0.493 e. The number of rotatable bonds is 4. The first-order chi connectivity index (χ1) is 9.72. The molecule has 0 amide bonds. The second-order valence-electron chi connectivity index (χ2n) is 5.20. The van der Waals surface area contributed by atoms with Crippen LogP contribution >= 0.6 is 11.6 Å². The first-order valence-electron chi connectivity index (χ1n) is 6.96. The lowest BCUT2D eigenvalue weighted by Crippen LogP contribution is -2.18. The van der Waals surface area contributed by atoms with E-state index < -0.39 is 0 Å². The Morgan fingerprint density at radius 2 is 2.15 bits per heavy atom. The van der Waals surface area contributed by atoms with Crippen LogP contribution in [0.3, 0.4) is 0 Å². The van der Waals surface area contributed by atoms with Gasteiger partial charge in [-0.1, -0.05) is 35.9 Å². The van der Waals surface area contributed by atoms with Gasteiger partial charge in [-0.3, -0.25) is 0 Å². The molecule has 0 bridgehead atoms. The van der Waals surface area contributed by atoms with Gasteiger partial charge in [-0.25, -0.2) is 0 Å². The molecule has 1 aliphatic heterocycles. The van der Waals surface area contributed by atoms with Crippen LogP contribution in [0.1, 0.15) is 29.7 Å². The van der Waals surface area contributed by atoms with Gasteiger partial charge in [0.2, 0.25) is 0 Å². The van der Waals surface area contributed by atoms with E-state index in [0.717, 1.165) is 30.3 Å². The SMILES string of the molecule is CC(NCc1ccc2c(c1)CCO2)c1cccc(Cl)c1. The highest BCUT2D eigenvalue weighted by molar-refractivity contribution is 6.30. The fourth-order valence-corrected chi connectivity index (χ4v) is 2.71. The summed E-state index contributed by atoms with van der Waals surface area (Å²) in [6, 6.07) is 14.7. The molecule has 0 aliphatic carbocycles. The highest BCUT2D eigenvalue weighted by atomic mass is 35.5. The Bertz CT molecular complexity index is 612. The van der Waals surface area contributed by atoms with Gasteiger partial charge in [-0.05, 0) is 41.8 Å². The molecule has 1 heterocycles. The molecule has 1 N–H and O–H groups in total. The van der Waals surface area contributed by atoms with Gasteiger partial charge in [0, 0.05) is 24.0 Å². The molecule has 2 aromatic carbocycles. The number of fused-ring (bicyclic) bond motifs is 1. The number of benzene rings is 2. The molecule has 2 aromatic rings. The van der Waals surface area contributed by atoms with E-state index in [4.69, 9.17) is 16.3 Å². The van der Waals surface area contributed by atoms with Crippen LogP contribution in [0, 0.1) is 0 Å². The van der Waals surface area contributed by atoms with Crippen molar-refractivity contribution >= 4 is 11.6 Å². The smallest absolute Gasteiger partial charge is 0.122 e. The molecule has 3 rings (SSSR count). The van der Waals surface area contributed by atoms with Gasteiger partial charge in [0.1, 0.15) is 5.75 Å². The Morgan fingerprint density at radius 1 is 1.25 bits per heavy atom. The van der Waals surface area contributed by atoms with E-state index >= 15 is 0 Å². The summed E-state index contributed by atoms with van der Waals surface area (Å²) >= 11 is 6.03. The molecule has 0 aromatic heterocycles. The van der Waals surface area contributed by atoms with Gasteiger partial charge in [0.05, 0.1) is 6.61 Å². The highest BCUT2D eigenvalue weighted by Gasteiger charge is 2.12. The summed E-state index contributed by atoms with van der Waals surface area (Å²) in [4.78, 5) is 0. The Balaban J connectivity index is 1.64. The van der Waals surface area contributed by atoms with Crippen LogP contribution in [0.4, 0.5) is 0 Å². The van der Waals surface area contributed by atoms with E-state index in [1.54, 1.807) is 0 Å². The van der Waals surface area contributed by atoms with Crippen LogP contribution in [0.5, 0.6) is 5.75 Å². The Hall–Kier alpha value is -1.51. The molecular weight excluding hydrogens is 270 g/mol. The lowest BCUT2D eigenvalue weighted by atomic mass is 10.1. The maximum atomic E-state index is 6.03. The minimum atomic E-state index is 0.276. The van der Waals surface area contributed by atoms with Gasteiger partial charge < -0.3 is 10.1 Å². The van der Waals surface area contributed by atoms with E-state index in [0.29, 0.717) is 0 Å². The van der Waals surface area contributed by atoms with Gasteiger partial charge in [-0.15, -0.1) is 0 Å². The van der Waals surface area contributed by atoms with E-state index in [2.05, 4.69) is 36.5 Å². The Labute approximate surface area is 124 Å². The van der Waals surface area contributed by atoms with Gasteiger partial charge >= 0.3 is 0 Å². The lowest BCUT2D eigenvalue weighted by Gasteiger charge is -2.15. The molecule has 1 atom stereocenters. The fraction of sp³-hybridized carbons (Fsp3) is 0.294. The molecule has 0 fully saturated rings. The quantitative estimate of drug-likeness (QED) is 0.913. The summed E-state index contributed by atoms with van der Waals surface area (Å²) in [7, 11) is 0. The van der Waals surface area contributed by atoms with Crippen LogP contribution < -0.4 is 10.1 Å². The molecule has 104 valence electrons. The highest BCUT2D eigenvalue weighted by Crippen LogP contribution is 2.26. The molecular formula is C17H18ClNO. The zero-order valence-corrected chi connectivity index (χ0v) is 12.3. The van der Waals surface area contributed by atoms with Crippen LogP contribution in [0.2, 0.25) is 5.02 Å². The van der Waals surface area contributed by atoms with Crippen molar-refractivity contribution in [2.45, 2.75) is 25.9 Å². The third kappa shape index (κ3) is 2.97. The molecule has 3 heteroatoms. The predicted molar refractivity (Wildman–Crippen MR) is 82.3 cm³/mol. The van der Waals surface area contributed by atoms with Crippen LogP contribution in [-0.4, -0.2) is 6.61 Å². The number of hydrogen-bond donors (Lipinski definition) is 1. The van der Waals surface area contributed by atoms with Crippen molar-refractivity contribution < 1.29 is 4.74 Å². The van der Waals surface area contributed by atoms with E-state index in [1.165, 1.54) is 16.7 Å². The topological polar surface area (TPSA) is 21.3 Å². The van der Waals surface area contributed by atoms with Crippen LogP contribution in [0.25, 0.3) is 0 Å². The summed E-state index contributed by atoms with van der Waals surface area (Å²) in [5, 5.41) is 4.32. The van der Waals surface area contributed by atoms with Gasteiger partial charge in [0.15, 0.2) is 0 Å². The zero-order valence-electron chi connectivity index (χ0n) is 11.5. The molecule has 1 unspecified atom stereocenters. The Morgan fingerprint density at radius 3 is 3.00 bits per heavy atom. The second kappa shape index (κ2) is 5.86. The third-order valence-electron chi connectivity index (χ3n) is 3.71. The van der Waals surface area contributed by atoms with Gasteiger partial charge in [0.25, 0.3) is 0 Å². The second-order valence-corrected chi connectivity index (χ2v) is 5.63. The maximum absolute atomic E-state index is 6.03. The summed E-state index contributed by atoms with van der Waals surface area (Å²) < 4.78 is 5.53. The molecule has 0 saturated heterocycles. The molecule has 0 saturated carbocycles. The van der Waals surface area contributed by atoms with E-state index in [9.17, 15) is 0 Å². The van der Waals surface area contributed by atoms with Crippen LogP contribution in [0.15, 0.2) is 42.5 Å². The monoisotopic (exact) mass is 287 g/mol. The van der Waals surface area contributed by atoms with Crippen molar-refractivity contribution in [3.8, 4) is 5.75 Å². The number of hydrogen-bond acceptors (Lipinski definition) is 2. The predicted octanol–water partition coefficient (Wildman–Crippen LogP) is 4.13. The zero-order chi connectivity index (χ0) is 13.9. The van der Waals surface area contributed by atoms with Crippen molar-refractivity contribution in [2.75, 3.05) is 6.61 Å². The third-order valence-corrected chi connectivity index (χ3v) is 3.95. The molecule has 0 spiro atoms. The van der Waals surface area contributed by atoms with Crippen molar-refractivity contribution in [2.24, 2.45) is 0 Å². The average Bonchev–Trinajstić information content (AvgIpc) is 2.92. The van der Waals surface area contributed by atoms with Crippen molar-refractivity contribution in [1.29, 1.82) is 0 Å². The number of halogens is 1. The molecule has 20 heavy (non-hydrogen) atoms. The van der Waals surface area contributed by atoms with Crippen LogP contribution in [-0.2, 0) is 13.0 Å². The maximum Gasteiger partial charge on any atom is 0.122 e. The summed E-state index contributed by atoms with van der Waals surface area (Å²) in [5.41, 5.74) is 3.82. The first-order valence-corrected chi connectivity index (χ1v) is 7.33. The largest absolute Gasteiger partial charge is 0.493 e. The Kier molecular flexibility index (Phi) is 3.95. The lowest BCUT2D eigenvalue weighted by molar-refractivity contribution is 0.357.